The molecule has 0 heterocycles. The molecule has 0 saturated carbocycles. The zero-order chi connectivity index (χ0) is 12.8. The zero-order valence-corrected chi connectivity index (χ0v) is 10.8. The van der Waals surface area contributed by atoms with Crippen LogP contribution in [0.4, 0.5) is 0 Å². The maximum Gasteiger partial charge on any atom is 0.314 e. The first kappa shape index (κ1) is 13.7. The molecule has 0 fully saturated rings. The number of carbonyl (C=O) groups excluding carboxylic acids is 1. The number of nitrogens with two attached hydrogens (primary N) is 1. The van der Waals surface area contributed by atoms with E-state index in [-0.39, 0.29) is 18.4 Å². The van der Waals surface area contributed by atoms with E-state index in [0.717, 1.165) is 5.56 Å². The van der Waals surface area contributed by atoms with Gasteiger partial charge in [-0.1, -0.05) is 38.1 Å². The van der Waals surface area contributed by atoms with E-state index < -0.39 is 0 Å². The highest BCUT2D eigenvalue weighted by atomic mass is 16.5. The maximum atomic E-state index is 11.7. The number of carbonyl (C=O) groups is 1. The molecule has 1 atom stereocenters. The third kappa shape index (κ3) is 3.56. The molecule has 0 amide bonds. The van der Waals surface area contributed by atoms with E-state index in [4.69, 9.17) is 10.5 Å². The Labute approximate surface area is 103 Å². The van der Waals surface area contributed by atoms with Gasteiger partial charge >= 0.3 is 5.97 Å². The average molecular weight is 235 g/mol. The molecule has 0 bridgehead atoms. The predicted octanol–water partition coefficient (Wildman–Crippen LogP) is 2.42. The molecule has 0 aliphatic rings. The SMILES string of the molecule is CCOC(=O)C(CN)c1ccc(C(C)C)cc1. The molecule has 94 valence electrons. The van der Waals surface area contributed by atoms with Crippen molar-refractivity contribution in [2.24, 2.45) is 5.73 Å². The van der Waals surface area contributed by atoms with Crippen LogP contribution in [0.2, 0.25) is 0 Å². The molecule has 0 saturated heterocycles. The van der Waals surface area contributed by atoms with E-state index >= 15 is 0 Å². The lowest BCUT2D eigenvalue weighted by Gasteiger charge is -2.14. The van der Waals surface area contributed by atoms with Crippen molar-refractivity contribution in [3.05, 3.63) is 35.4 Å². The van der Waals surface area contributed by atoms with Gasteiger partial charge in [-0.05, 0) is 24.0 Å². The molecule has 1 unspecified atom stereocenters. The first-order valence-corrected chi connectivity index (χ1v) is 6.06. The van der Waals surface area contributed by atoms with Crippen molar-refractivity contribution in [2.45, 2.75) is 32.6 Å². The van der Waals surface area contributed by atoms with E-state index in [0.29, 0.717) is 12.5 Å². The molecule has 17 heavy (non-hydrogen) atoms. The normalized spacial score (nSPS) is 12.5. The van der Waals surface area contributed by atoms with Crippen molar-refractivity contribution in [2.75, 3.05) is 13.2 Å². The largest absolute Gasteiger partial charge is 0.465 e. The second kappa shape index (κ2) is 6.40. The fourth-order valence-electron chi connectivity index (χ4n) is 1.72. The molecule has 3 nitrogen and oxygen atoms in total. The molecule has 0 aromatic heterocycles. The van der Waals surface area contributed by atoms with Crippen LogP contribution in [0.3, 0.4) is 0 Å². The number of rotatable bonds is 5. The van der Waals surface area contributed by atoms with E-state index in [9.17, 15) is 4.79 Å². The number of ether oxygens (including phenoxy) is 1. The van der Waals surface area contributed by atoms with E-state index in [1.807, 2.05) is 24.3 Å². The summed E-state index contributed by atoms with van der Waals surface area (Å²) >= 11 is 0. The third-order valence-electron chi connectivity index (χ3n) is 2.81. The Bertz CT molecular complexity index is 357. The van der Waals surface area contributed by atoms with E-state index in [1.165, 1.54) is 5.56 Å². The van der Waals surface area contributed by atoms with Gasteiger partial charge in [0.1, 0.15) is 0 Å². The van der Waals surface area contributed by atoms with Crippen LogP contribution in [-0.2, 0) is 9.53 Å². The van der Waals surface area contributed by atoms with Gasteiger partial charge in [-0.15, -0.1) is 0 Å². The Morgan fingerprint density at radius 2 is 1.76 bits per heavy atom. The monoisotopic (exact) mass is 235 g/mol. The fraction of sp³-hybridized carbons (Fsp3) is 0.500. The highest BCUT2D eigenvalue weighted by Crippen LogP contribution is 2.20. The van der Waals surface area contributed by atoms with Crippen molar-refractivity contribution >= 4 is 5.97 Å². The minimum Gasteiger partial charge on any atom is -0.465 e. The van der Waals surface area contributed by atoms with E-state index in [1.54, 1.807) is 6.92 Å². The molecule has 1 rings (SSSR count). The van der Waals surface area contributed by atoms with Crippen molar-refractivity contribution < 1.29 is 9.53 Å². The first-order valence-electron chi connectivity index (χ1n) is 6.06. The predicted molar refractivity (Wildman–Crippen MR) is 69.0 cm³/mol. The van der Waals surface area contributed by atoms with Gasteiger partial charge in [-0.25, -0.2) is 0 Å². The molecule has 0 aliphatic carbocycles. The number of esters is 1. The molecular formula is C14H21NO2. The molecule has 3 heteroatoms. The Balaban J connectivity index is 2.85. The molecule has 0 aliphatic heterocycles. The van der Waals surface area contributed by atoms with Crippen LogP contribution >= 0.6 is 0 Å². The summed E-state index contributed by atoms with van der Waals surface area (Å²) < 4.78 is 5.01. The Morgan fingerprint density at radius 3 is 2.18 bits per heavy atom. The minimum absolute atomic E-state index is 0.243. The lowest BCUT2D eigenvalue weighted by Crippen LogP contribution is -2.23. The summed E-state index contributed by atoms with van der Waals surface area (Å²) in [5.41, 5.74) is 7.82. The smallest absolute Gasteiger partial charge is 0.314 e. The summed E-state index contributed by atoms with van der Waals surface area (Å²) in [5.74, 6) is -0.105. The fourth-order valence-corrected chi connectivity index (χ4v) is 1.72. The summed E-state index contributed by atoms with van der Waals surface area (Å²) in [5, 5.41) is 0. The molecule has 0 radical (unpaired) electrons. The van der Waals surface area contributed by atoms with Gasteiger partial charge in [-0.3, -0.25) is 4.79 Å². The van der Waals surface area contributed by atoms with Crippen LogP contribution in [0.25, 0.3) is 0 Å². The highest BCUT2D eigenvalue weighted by molar-refractivity contribution is 5.78. The van der Waals surface area contributed by atoms with Crippen molar-refractivity contribution in [1.29, 1.82) is 0 Å². The van der Waals surface area contributed by atoms with Gasteiger partial charge < -0.3 is 10.5 Å². The molecule has 2 N–H and O–H groups in total. The summed E-state index contributed by atoms with van der Waals surface area (Å²) in [4.78, 5) is 11.7. The molecule has 1 aromatic rings. The standard InChI is InChI=1S/C14H21NO2/c1-4-17-14(16)13(9-15)12-7-5-11(6-8-12)10(2)3/h5-8,10,13H,4,9,15H2,1-3H3. The van der Waals surface area contributed by atoms with Crippen LogP contribution in [0.5, 0.6) is 0 Å². The Hall–Kier alpha value is -1.35. The quantitative estimate of drug-likeness (QED) is 0.797. The highest BCUT2D eigenvalue weighted by Gasteiger charge is 2.20. The lowest BCUT2D eigenvalue weighted by molar-refractivity contribution is -0.144. The summed E-state index contributed by atoms with van der Waals surface area (Å²) in [6.45, 7) is 6.74. The second-order valence-corrected chi connectivity index (χ2v) is 4.36. The van der Waals surface area contributed by atoms with Gasteiger partial charge in [0, 0.05) is 6.54 Å². The topological polar surface area (TPSA) is 52.3 Å². The zero-order valence-electron chi connectivity index (χ0n) is 10.8. The summed E-state index contributed by atoms with van der Waals surface area (Å²) in [6, 6.07) is 8.01. The Kier molecular flexibility index (Phi) is 5.16. The van der Waals surface area contributed by atoms with Crippen LogP contribution in [0, 0.1) is 0 Å². The Morgan fingerprint density at radius 1 is 1.24 bits per heavy atom. The molecule has 0 spiro atoms. The number of hydrogen-bond donors (Lipinski definition) is 1. The average Bonchev–Trinajstić information content (AvgIpc) is 2.31. The molecule has 1 aromatic carbocycles. The van der Waals surface area contributed by atoms with Crippen LogP contribution in [-0.4, -0.2) is 19.1 Å². The van der Waals surface area contributed by atoms with Crippen LogP contribution in [0.1, 0.15) is 43.7 Å². The number of hydrogen-bond acceptors (Lipinski definition) is 3. The van der Waals surface area contributed by atoms with Gasteiger partial charge in [0.2, 0.25) is 0 Å². The molecular weight excluding hydrogens is 214 g/mol. The van der Waals surface area contributed by atoms with Crippen LogP contribution < -0.4 is 5.73 Å². The van der Waals surface area contributed by atoms with E-state index in [2.05, 4.69) is 13.8 Å². The first-order chi connectivity index (χ1) is 8.10. The van der Waals surface area contributed by atoms with Gasteiger partial charge in [0.15, 0.2) is 0 Å². The van der Waals surface area contributed by atoms with Gasteiger partial charge in [0.25, 0.3) is 0 Å². The minimum atomic E-state index is -0.351. The third-order valence-corrected chi connectivity index (χ3v) is 2.81. The summed E-state index contributed by atoms with van der Waals surface area (Å²) in [7, 11) is 0. The number of benzene rings is 1. The lowest BCUT2D eigenvalue weighted by atomic mass is 9.95. The maximum absolute atomic E-state index is 11.7. The van der Waals surface area contributed by atoms with Gasteiger partial charge in [-0.2, -0.15) is 0 Å². The van der Waals surface area contributed by atoms with Crippen molar-refractivity contribution in [1.82, 2.24) is 0 Å². The van der Waals surface area contributed by atoms with Crippen LogP contribution in [0.15, 0.2) is 24.3 Å². The summed E-state index contributed by atoms with van der Waals surface area (Å²) in [6.07, 6.45) is 0. The van der Waals surface area contributed by atoms with Crippen molar-refractivity contribution in [3.63, 3.8) is 0 Å². The van der Waals surface area contributed by atoms with Crippen molar-refractivity contribution in [3.8, 4) is 0 Å². The second-order valence-electron chi connectivity index (χ2n) is 4.36. The van der Waals surface area contributed by atoms with Gasteiger partial charge in [0.05, 0.1) is 12.5 Å².